The summed E-state index contributed by atoms with van der Waals surface area (Å²) in [6.45, 7) is 0. The van der Waals surface area contributed by atoms with Crippen molar-refractivity contribution in [3.63, 3.8) is 0 Å². The SMILES string of the molecule is O=C(O)c1ccc2c(C3=CCC(c4ccccc4)CC3)c(C3CCCC3)[nH]c2c1. The van der Waals surface area contributed by atoms with Crippen molar-refractivity contribution in [2.75, 3.05) is 0 Å². The van der Waals surface area contributed by atoms with Gasteiger partial charge in [-0.15, -0.1) is 0 Å². The first kappa shape index (κ1) is 18.2. The lowest BCUT2D eigenvalue weighted by atomic mass is 9.81. The lowest BCUT2D eigenvalue weighted by molar-refractivity contribution is 0.0697. The molecule has 0 spiro atoms. The zero-order valence-electron chi connectivity index (χ0n) is 16.7. The second-order valence-electron chi connectivity index (χ2n) is 8.57. The van der Waals surface area contributed by atoms with Gasteiger partial charge in [0.2, 0.25) is 0 Å². The predicted octanol–water partition coefficient (Wildman–Crippen LogP) is 6.87. The molecule has 0 saturated heterocycles. The van der Waals surface area contributed by atoms with Gasteiger partial charge in [0.25, 0.3) is 0 Å². The summed E-state index contributed by atoms with van der Waals surface area (Å²) in [4.78, 5) is 15.1. The summed E-state index contributed by atoms with van der Waals surface area (Å²) in [6, 6.07) is 16.4. The lowest BCUT2D eigenvalue weighted by Gasteiger charge is -2.24. The molecule has 0 radical (unpaired) electrons. The van der Waals surface area contributed by atoms with Crippen LogP contribution in [0.25, 0.3) is 16.5 Å². The summed E-state index contributed by atoms with van der Waals surface area (Å²) >= 11 is 0. The van der Waals surface area contributed by atoms with Crippen LogP contribution in [0.1, 0.15) is 84.0 Å². The van der Waals surface area contributed by atoms with Crippen molar-refractivity contribution in [3.8, 4) is 0 Å². The third-order valence-corrected chi connectivity index (χ3v) is 6.84. The number of aromatic amines is 1. The largest absolute Gasteiger partial charge is 0.478 e. The van der Waals surface area contributed by atoms with Gasteiger partial charge >= 0.3 is 5.97 Å². The van der Waals surface area contributed by atoms with Crippen LogP contribution < -0.4 is 0 Å². The molecular formula is C26H27NO2. The molecule has 2 aromatic carbocycles. The van der Waals surface area contributed by atoms with Crippen LogP contribution in [0.15, 0.2) is 54.6 Å². The van der Waals surface area contributed by atoms with Crippen molar-refractivity contribution >= 4 is 22.4 Å². The van der Waals surface area contributed by atoms with Gasteiger partial charge in [0, 0.05) is 22.2 Å². The minimum absolute atomic E-state index is 0.352. The fraction of sp³-hybridized carbons (Fsp3) is 0.346. The smallest absolute Gasteiger partial charge is 0.335 e. The molecule has 3 heteroatoms. The molecule has 0 aliphatic heterocycles. The number of carboxylic acids is 1. The Balaban J connectivity index is 1.55. The van der Waals surface area contributed by atoms with E-state index in [0.717, 1.165) is 18.4 Å². The summed E-state index contributed by atoms with van der Waals surface area (Å²) < 4.78 is 0. The zero-order valence-corrected chi connectivity index (χ0v) is 16.7. The zero-order chi connectivity index (χ0) is 19.8. The van der Waals surface area contributed by atoms with E-state index >= 15 is 0 Å². The highest BCUT2D eigenvalue weighted by Crippen LogP contribution is 2.44. The number of hydrogen-bond acceptors (Lipinski definition) is 1. The second-order valence-corrected chi connectivity index (χ2v) is 8.57. The molecule has 1 heterocycles. The summed E-state index contributed by atoms with van der Waals surface area (Å²) in [7, 11) is 0. The third kappa shape index (κ3) is 3.39. The Labute approximate surface area is 171 Å². The highest BCUT2D eigenvalue weighted by atomic mass is 16.4. The first-order valence-corrected chi connectivity index (χ1v) is 10.8. The lowest BCUT2D eigenvalue weighted by Crippen LogP contribution is -2.06. The number of benzene rings is 2. The van der Waals surface area contributed by atoms with E-state index in [9.17, 15) is 9.90 Å². The highest BCUT2D eigenvalue weighted by molar-refractivity contribution is 5.99. The number of rotatable bonds is 4. The quantitative estimate of drug-likeness (QED) is 0.514. The van der Waals surface area contributed by atoms with Crippen LogP contribution in [0.2, 0.25) is 0 Å². The molecule has 5 rings (SSSR count). The molecule has 1 saturated carbocycles. The Morgan fingerprint density at radius 2 is 1.76 bits per heavy atom. The first-order chi connectivity index (χ1) is 14.2. The van der Waals surface area contributed by atoms with E-state index in [2.05, 4.69) is 41.4 Å². The van der Waals surface area contributed by atoms with Gasteiger partial charge in [0.05, 0.1) is 5.56 Å². The highest BCUT2D eigenvalue weighted by Gasteiger charge is 2.27. The topological polar surface area (TPSA) is 53.1 Å². The molecular weight excluding hydrogens is 358 g/mol. The molecule has 1 atom stereocenters. The normalized spacial score (nSPS) is 20.1. The summed E-state index contributed by atoms with van der Waals surface area (Å²) in [5, 5.41) is 10.6. The average molecular weight is 386 g/mol. The van der Waals surface area contributed by atoms with Crippen molar-refractivity contribution in [2.24, 2.45) is 0 Å². The molecule has 148 valence electrons. The fourth-order valence-corrected chi connectivity index (χ4v) is 5.31. The number of aromatic carboxylic acids is 1. The molecule has 1 fully saturated rings. The van der Waals surface area contributed by atoms with E-state index in [1.54, 1.807) is 12.1 Å². The number of H-pyrrole nitrogens is 1. The predicted molar refractivity (Wildman–Crippen MR) is 117 cm³/mol. The number of nitrogens with one attached hydrogen (secondary N) is 1. The van der Waals surface area contributed by atoms with Crippen LogP contribution in [-0.2, 0) is 0 Å². The molecule has 3 nitrogen and oxygen atoms in total. The van der Waals surface area contributed by atoms with Crippen molar-refractivity contribution in [1.82, 2.24) is 4.98 Å². The van der Waals surface area contributed by atoms with Gasteiger partial charge < -0.3 is 10.1 Å². The van der Waals surface area contributed by atoms with E-state index in [0.29, 0.717) is 17.4 Å². The maximum Gasteiger partial charge on any atom is 0.335 e. The average Bonchev–Trinajstić information content (AvgIpc) is 3.41. The molecule has 2 aliphatic rings. The minimum atomic E-state index is -0.868. The fourth-order valence-electron chi connectivity index (χ4n) is 5.31. The van der Waals surface area contributed by atoms with Crippen LogP contribution in [0.5, 0.6) is 0 Å². The van der Waals surface area contributed by atoms with Gasteiger partial charge in [-0.2, -0.15) is 0 Å². The Bertz CT molecular complexity index is 1070. The van der Waals surface area contributed by atoms with Crippen LogP contribution in [0.4, 0.5) is 0 Å². The van der Waals surface area contributed by atoms with Crippen LogP contribution >= 0.6 is 0 Å². The molecule has 2 aliphatic carbocycles. The van der Waals surface area contributed by atoms with Crippen LogP contribution in [0.3, 0.4) is 0 Å². The first-order valence-electron chi connectivity index (χ1n) is 10.8. The molecule has 3 aromatic rings. The maximum absolute atomic E-state index is 11.4. The van der Waals surface area contributed by atoms with Gasteiger partial charge in [-0.3, -0.25) is 0 Å². The van der Waals surface area contributed by atoms with E-state index in [-0.39, 0.29) is 0 Å². The molecule has 1 aromatic heterocycles. The van der Waals surface area contributed by atoms with Gasteiger partial charge in [-0.1, -0.05) is 55.3 Å². The van der Waals surface area contributed by atoms with Crippen molar-refractivity contribution < 1.29 is 9.90 Å². The standard InChI is InChI=1S/C26H27NO2/c28-26(29)21-14-15-22-23(16-21)27-25(20-8-4-5-9-20)24(22)19-12-10-18(11-13-19)17-6-2-1-3-7-17/h1-3,6-7,12,14-16,18,20,27H,4-5,8-11,13H2,(H,28,29). The van der Waals surface area contributed by atoms with Gasteiger partial charge in [0.1, 0.15) is 0 Å². The molecule has 2 N–H and O–H groups in total. The number of fused-ring (bicyclic) bond motifs is 1. The number of aromatic nitrogens is 1. The van der Waals surface area contributed by atoms with E-state index < -0.39 is 5.97 Å². The Morgan fingerprint density at radius 1 is 0.966 bits per heavy atom. The van der Waals surface area contributed by atoms with Gasteiger partial charge in [0.15, 0.2) is 0 Å². The van der Waals surface area contributed by atoms with Crippen molar-refractivity contribution in [2.45, 2.75) is 56.8 Å². The van der Waals surface area contributed by atoms with Crippen molar-refractivity contribution in [1.29, 1.82) is 0 Å². The molecule has 29 heavy (non-hydrogen) atoms. The second kappa shape index (κ2) is 7.55. The number of allylic oxidation sites excluding steroid dienone is 2. The Hall–Kier alpha value is -2.81. The maximum atomic E-state index is 11.4. The molecule has 1 unspecified atom stereocenters. The van der Waals surface area contributed by atoms with Crippen LogP contribution in [0, 0.1) is 0 Å². The van der Waals surface area contributed by atoms with E-state index in [1.807, 2.05) is 6.07 Å². The monoisotopic (exact) mass is 385 g/mol. The molecule has 0 amide bonds. The summed E-state index contributed by atoms with van der Waals surface area (Å²) in [6.07, 6.45) is 10.8. The molecule has 0 bridgehead atoms. The van der Waals surface area contributed by atoms with E-state index in [4.69, 9.17) is 0 Å². The van der Waals surface area contributed by atoms with Crippen LogP contribution in [-0.4, -0.2) is 16.1 Å². The minimum Gasteiger partial charge on any atom is -0.478 e. The number of hydrogen-bond donors (Lipinski definition) is 2. The van der Waals surface area contributed by atoms with Gasteiger partial charge in [-0.05, 0) is 67.2 Å². The Morgan fingerprint density at radius 3 is 2.45 bits per heavy atom. The van der Waals surface area contributed by atoms with E-state index in [1.165, 1.54) is 59.9 Å². The summed E-state index contributed by atoms with van der Waals surface area (Å²) in [5.41, 5.74) is 6.88. The Kier molecular flexibility index (Phi) is 4.75. The summed E-state index contributed by atoms with van der Waals surface area (Å²) in [5.74, 6) is 0.296. The number of carbonyl (C=O) groups is 1. The third-order valence-electron chi connectivity index (χ3n) is 6.84. The van der Waals surface area contributed by atoms with Crippen molar-refractivity contribution in [3.05, 3.63) is 77.0 Å². The van der Waals surface area contributed by atoms with Gasteiger partial charge in [-0.25, -0.2) is 4.79 Å². The number of carboxylic acid groups (broad SMARTS) is 1.